The van der Waals surface area contributed by atoms with Crippen molar-refractivity contribution in [3.05, 3.63) is 0 Å². The van der Waals surface area contributed by atoms with Crippen LogP contribution in [-0.2, 0) is 38.2 Å². The normalized spacial score (nSPS) is 12.2. The lowest BCUT2D eigenvalue weighted by Gasteiger charge is -2.19. The van der Waals surface area contributed by atoms with E-state index in [0.29, 0.717) is 51.4 Å². The lowest BCUT2D eigenvalue weighted by atomic mass is 10.0. The highest BCUT2D eigenvalue weighted by Crippen LogP contribution is 2.15. The molecule has 0 heterocycles. The van der Waals surface area contributed by atoms with Crippen LogP contribution in [-0.4, -0.2) is 92.0 Å². The van der Waals surface area contributed by atoms with Crippen LogP contribution in [0.1, 0.15) is 202 Å². The lowest BCUT2D eigenvalue weighted by Crippen LogP contribution is -2.35. The van der Waals surface area contributed by atoms with Gasteiger partial charge in [-0.25, -0.2) is 0 Å². The molecular formula is C45H88N4O9. The number of nitrogens with two attached hydrogens (primary N) is 1. The molecule has 0 aromatic carbocycles. The van der Waals surface area contributed by atoms with Gasteiger partial charge in [-0.05, 0) is 107 Å². The van der Waals surface area contributed by atoms with Gasteiger partial charge in [-0.15, -0.1) is 0 Å². The Kier molecular flexibility index (Phi) is 41.9. The number of carboxylic acids is 1. The van der Waals surface area contributed by atoms with E-state index in [1.807, 2.05) is 48.6 Å². The summed E-state index contributed by atoms with van der Waals surface area (Å²) in [6.07, 6.45) is 25.2. The monoisotopic (exact) mass is 829 g/mol. The fourth-order valence-electron chi connectivity index (χ4n) is 5.46. The Bertz CT molecular complexity index is 1030. The van der Waals surface area contributed by atoms with Crippen LogP contribution in [0.25, 0.3) is 0 Å². The molecule has 2 atom stereocenters. The lowest BCUT2D eigenvalue weighted by molar-refractivity contribution is -0.155. The minimum atomic E-state index is -0.967. The minimum absolute atomic E-state index is 0.0417. The number of unbranched alkanes of at least 4 members (excludes halogenated alkanes) is 16. The number of amides is 2. The molecule has 0 rings (SSSR count). The molecule has 0 bridgehead atoms. The summed E-state index contributed by atoms with van der Waals surface area (Å²) in [5.74, 6) is -1.07. The number of carbonyl (C=O) groups excluding carboxylic acids is 5. The van der Waals surface area contributed by atoms with Gasteiger partial charge in [0.15, 0.2) is 0 Å². The Morgan fingerprint density at radius 1 is 0.621 bits per heavy atom. The van der Waals surface area contributed by atoms with Gasteiger partial charge in [-0.2, -0.15) is 0 Å². The number of ether oxygens (including phenoxy) is 2. The molecule has 0 spiro atoms. The molecule has 13 nitrogen and oxygen atoms in total. The van der Waals surface area contributed by atoms with E-state index < -0.39 is 18.1 Å². The molecule has 0 saturated heterocycles. The van der Waals surface area contributed by atoms with Gasteiger partial charge in [0.2, 0.25) is 11.8 Å². The topological polar surface area (TPSA) is 203 Å². The highest BCUT2D eigenvalue weighted by Gasteiger charge is 2.15. The molecule has 0 aliphatic heterocycles. The first kappa shape index (κ1) is 59.4. The first-order valence-electron chi connectivity index (χ1n) is 22.3. The first-order chi connectivity index (χ1) is 27.4. The molecule has 0 fully saturated rings. The molecule has 2 amide bonds. The van der Waals surface area contributed by atoms with Gasteiger partial charge < -0.3 is 45.9 Å². The number of nitrogens with one attached hydrogen (secondary N) is 3. The Morgan fingerprint density at radius 3 is 1.47 bits per heavy atom. The number of rotatable bonds is 34. The third-order valence-corrected chi connectivity index (χ3v) is 9.09. The third kappa shape index (κ3) is 51.1. The average Bonchev–Trinajstić information content (AvgIpc) is 3.15. The van der Waals surface area contributed by atoms with E-state index in [0.717, 1.165) is 77.0 Å². The second-order valence-electron chi connectivity index (χ2n) is 17.1. The summed E-state index contributed by atoms with van der Waals surface area (Å²) in [6.45, 7) is 13.4. The average molecular weight is 829 g/mol. The maximum absolute atomic E-state index is 11.8. The van der Waals surface area contributed by atoms with Gasteiger partial charge in [0.05, 0.1) is 11.6 Å². The number of carbonyl (C=O) groups is 6. The standard InChI is InChI=1S/C27H49NO5.C13H27N3O3.C5H12O/c1-27(2,3)33-26(32)21-17-15-13-11-9-7-5-4-6-8-10-12-14-16-20-25(31)28-24(23-30)19-18-22-29;1-15-9-5-2-3-8-12(17)16-10-6-4-7-11(14)13(18)19;1-5(2,3)6-4/h22-24H,4-21H2,1-3H3,(H,28,31);11,15H,2-10,14H2,1H3,(H,16,17)(H,18,19);1-4H3. The number of aldehydes is 2. The van der Waals surface area contributed by atoms with Gasteiger partial charge in [0.1, 0.15) is 24.2 Å². The van der Waals surface area contributed by atoms with Crippen molar-refractivity contribution in [3.63, 3.8) is 0 Å². The molecule has 342 valence electrons. The largest absolute Gasteiger partial charge is 0.480 e. The number of carboxylic acid groups (broad SMARTS) is 1. The van der Waals surface area contributed by atoms with Gasteiger partial charge in [0, 0.05) is 39.3 Å². The Balaban J connectivity index is -0.00000101. The predicted octanol–water partition coefficient (Wildman–Crippen LogP) is 8.13. The highest BCUT2D eigenvalue weighted by molar-refractivity contribution is 5.79. The number of hydrogen-bond donors (Lipinski definition) is 5. The summed E-state index contributed by atoms with van der Waals surface area (Å²) < 4.78 is 10.3. The zero-order valence-corrected chi connectivity index (χ0v) is 38.2. The summed E-state index contributed by atoms with van der Waals surface area (Å²) in [5.41, 5.74) is 5.04. The molecule has 0 aliphatic carbocycles. The fourth-order valence-corrected chi connectivity index (χ4v) is 5.46. The van der Waals surface area contributed by atoms with E-state index >= 15 is 0 Å². The van der Waals surface area contributed by atoms with Crippen LogP contribution in [0.4, 0.5) is 0 Å². The first-order valence-corrected chi connectivity index (χ1v) is 22.3. The molecule has 0 aliphatic rings. The maximum Gasteiger partial charge on any atom is 0.320 e. The minimum Gasteiger partial charge on any atom is -0.480 e. The Labute approximate surface area is 353 Å². The number of aliphatic carboxylic acids is 1. The zero-order chi connectivity index (χ0) is 44.5. The van der Waals surface area contributed by atoms with Gasteiger partial charge in [-0.1, -0.05) is 83.5 Å². The van der Waals surface area contributed by atoms with Crippen molar-refractivity contribution in [2.24, 2.45) is 5.73 Å². The van der Waals surface area contributed by atoms with Crippen molar-refractivity contribution in [2.75, 3.05) is 27.2 Å². The number of esters is 1. The molecule has 0 aromatic heterocycles. The van der Waals surface area contributed by atoms with E-state index in [1.54, 1.807) is 7.11 Å². The van der Waals surface area contributed by atoms with Crippen LogP contribution in [0, 0.1) is 0 Å². The van der Waals surface area contributed by atoms with Crippen molar-refractivity contribution >= 4 is 36.3 Å². The summed E-state index contributed by atoms with van der Waals surface area (Å²) in [7, 11) is 3.63. The Hall–Kier alpha value is -2.90. The van der Waals surface area contributed by atoms with Gasteiger partial charge in [0.25, 0.3) is 0 Å². The Morgan fingerprint density at radius 2 is 1.05 bits per heavy atom. The fraction of sp³-hybridized carbons (Fsp3) is 0.867. The summed E-state index contributed by atoms with van der Waals surface area (Å²) >= 11 is 0. The van der Waals surface area contributed by atoms with Crippen molar-refractivity contribution in [1.82, 2.24) is 16.0 Å². The maximum atomic E-state index is 11.8. The predicted molar refractivity (Wildman–Crippen MR) is 235 cm³/mol. The second kappa shape index (κ2) is 40.9. The van der Waals surface area contributed by atoms with Crippen LogP contribution in [0.5, 0.6) is 0 Å². The SMILES string of the molecule is CC(C)(C)OC(=O)CCCCCCCCCCCCCCCCC(=O)NC(C=O)CCC=O.CNCCCCCC(=O)NCCCCC(N)C(=O)O.COC(C)(C)C. The summed E-state index contributed by atoms with van der Waals surface area (Å²) in [6, 6.07) is -1.32. The van der Waals surface area contributed by atoms with E-state index in [-0.39, 0.29) is 29.0 Å². The van der Waals surface area contributed by atoms with E-state index in [4.69, 9.17) is 20.3 Å². The molecule has 0 aromatic rings. The third-order valence-electron chi connectivity index (χ3n) is 9.09. The molecule has 13 heteroatoms. The van der Waals surface area contributed by atoms with Crippen molar-refractivity contribution < 1.29 is 43.3 Å². The van der Waals surface area contributed by atoms with Crippen molar-refractivity contribution in [1.29, 1.82) is 0 Å². The zero-order valence-electron chi connectivity index (χ0n) is 38.2. The molecule has 58 heavy (non-hydrogen) atoms. The molecule has 2 unspecified atom stereocenters. The summed E-state index contributed by atoms with van der Waals surface area (Å²) in [5, 5.41) is 17.2. The molecule has 0 radical (unpaired) electrons. The molecular weight excluding hydrogens is 741 g/mol. The quantitative estimate of drug-likeness (QED) is 0.0238. The second-order valence-corrected chi connectivity index (χ2v) is 17.1. The van der Waals surface area contributed by atoms with E-state index in [9.17, 15) is 28.8 Å². The molecule has 6 N–H and O–H groups in total. The summed E-state index contributed by atoms with van der Waals surface area (Å²) in [4.78, 5) is 66.6. The number of methoxy groups -OCH3 is 1. The molecule has 0 saturated carbocycles. The van der Waals surface area contributed by atoms with Crippen LogP contribution in [0.3, 0.4) is 0 Å². The van der Waals surface area contributed by atoms with E-state index in [1.165, 1.54) is 57.8 Å². The van der Waals surface area contributed by atoms with E-state index in [2.05, 4.69) is 16.0 Å². The smallest absolute Gasteiger partial charge is 0.320 e. The van der Waals surface area contributed by atoms with Crippen LogP contribution < -0.4 is 21.7 Å². The van der Waals surface area contributed by atoms with Crippen LogP contribution in [0.15, 0.2) is 0 Å². The van der Waals surface area contributed by atoms with Crippen molar-refractivity contribution in [3.8, 4) is 0 Å². The van der Waals surface area contributed by atoms with Gasteiger partial charge >= 0.3 is 11.9 Å². The van der Waals surface area contributed by atoms with Crippen LogP contribution in [0.2, 0.25) is 0 Å². The van der Waals surface area contributed by atoms with Gasteiger partial charge in [-0.3, -0.25) is 19.2 Å². The number of hydrogen-bond acceptors (Lipinski definition) is 10. The van der Waals surface area contributed by atoms with Crippen molar-refractivity contribution in [2.45, 2.75) is 225 Å². The van der Waals surface area contributed by atoms with Crippen LogP contribution >= 0.6 is 0 Å². The highest BCUT2D eigenvalue weighted by atomic mass is 16.6.